The van der Waals surface area contributed by atoms with Crippen LogP contribution in [0, 0.1) is 19.7 Å². The van der Waals surface area contributed by atoms with Crippen LogP contribution in [0.2, 0.25) is 0 Å². The summed E-state index contributed by atoms with van der Waals surface area (Å²) in [7, 11) is 0. The molecule has 96 valence electrons. The zero-order valence-corrected chi connectivity index (χ0v) is 10.6. The van der Waals surface area contributed by atoms with Crippen molar-refractivity contribution in [3.8, 4) is 11.4 Å². The van der Waals surface area contributed by atoms with E-state index in [4.69, 9.17) is 5.73 Å². The number of anilines is 1. The van der Waals surface area contributed by atoms with Crippen LogP contribution in [0.3, 0.4) is 0 Å². The molecule has 0 aliphatic rings. The first-order valence-electron chi connectivity index (χ1n) is 5.81. The zero-order chi connectivity index (χ0) is 13.6. The van der Waals surface area contributed by atoms with E-state index in [1.165, 1.54) is 12.1 Å². The van der Waals surface area contributed by atoms with Crippen LogP contribution in [-0.2, 0) is 0 Å². The SMILES string of the molecule is Cc1cc2nnc(-c3cc(N)ccc3F)n2c(C)n1. The molecule has 2 N–H and O–H groups in total. The summed E-state index contributed by atoms with van der Waals surface area (Å²) >= 11 is 0. The lowest BCUT2D eigenvalue weighted by Gasteiger charge is -2.06. The number of benzene rings is 1. The summed E-state index contributed by atoms with van der Waals surface area (Å²) in [4.78, 5) is 4.34. The quantitative estimate of drug-likeness (QED) is 0.678. The molecule has 3 aromatic rings. The molecule has 2 aromatic heterocycles. The number of aromatic nitrogens is 4. The Morgan fingerprint density at radius 2 is 1.95 bits per heavy atom. The van der Waals surface area contributed by atoms with Crippen molar-refractivity contribution in [2.45, 2.75) is 13.8 Å². The minimum atomic E-state index is -0.386. The monoisotopic (exact) mass is 257 g/mol. The van der Waals surface area contributed by atoms with Crippen molar-refractivity contribution in [2.24, 2.45) is 0 Å². The third-order valence-corrected chi connectivity index (χ3v) is 2.92. The Morgan fingerprint density at radius 1 is 1.16 bits per heavy atom. The number of nitrogen functional groups attached to an aromatic ring is 1. The topological polar surface area (TPSA) is 69.1 Å². The van der Waals surface area contributed by atoms with Crippen LogP contribution < -0.4 is 5.73 Å². The van der Waals surface area contributed by atoms with E-state index in [0.717, 1.165) is 5.69 Å². The first-order chi connectivity index (χ1) is 9.06. The molecule has 0 atom stereocenters. The Kier molecular flexibility index (Phi) is 2.45. The molecule has 3 rings (SSSR count). The Hall–Kier alpha value is -2.50. The van der Waals surface area contributed by atoms with Gasteiger partial charge in [-0.1, -0.05) is 0 Å². The van der Waals surface area contributed by atoms with Gasteiger partial charge in [0.15, 0.2) is 11.5 Å². The predicted molar refractivity (Wildman–Crippen MR) is 70.1 cm³/mol. The smallest absolute Gasteiger partial charge is 0.172 e. The third kappa shape index (κ3) is 1.81. The number of halogens is 1. The van der Waals surface area contributed by atoms with Crippen LogP contribution in [0.15, 0.2) is 24.3 Å². The molecule has 0 bridgehead atoms. The van der Waals surface area contributed by atoms with Gasteiger partial charge in [-0.05, 0) is 32.0 Å². The minimum Gasteiger partial charge on any atom is -0.399 e. The van der Waals surface area contributed by atoms with Crippen LogP contribution in [0.5, 0.6) is 0 Å². The maximum absolute atomic E-state index is 13.9. The normalized spacial score (nSPS) is 11.1. The average molecular weight is 257 g/mol. The molecule has 6 heteroatoms. The first-order valence-corrected chi connectivity index (χ1v) is 5.81. The Bertz CT molecular complexity index is 778. The van der Waals surface area contributed by atoms with Gasteiger partial charge in [-0.3, -0.25) is 4.40 Å². The second kappa shape index (κ2) is 4.01. The van der Waals surface area contributed by atoms with Crippen molar-refractivity contribution in [1.29, 1.82) is 0 Å². The fraction of sp³-hybridized carbons (Fsp3) is 0.154. The Balaban J connectivity index is 2.34. The van der Waals surface area contributed by atoms with Crippen molar-refractivity contribution in [3.63, 3.8) is 0 Å². The maximum Gasteiger partial charge on any atom is 0.172 e. The van der Waals surface area contributed by atoms with E-state index in [2.05, 4.69) is 15.2 Å². The summed E-state index contributed by atoms with van der Waals surface area (Å²) in [6, 6.07) is 6.18. The molecular weight excluding hydrogens is 245 g/mol. The highest BCUT2D eigenvalue weighted by Crippen LogP contribution is 2.24. The largest absolute Gasteiger partial charge is 0.399 e. The molecule has 0 unspecified atom stereocenters. The molecule has 2 heterocycles. The first kappa shape index (κ1) is 11.6. The fourth-order valence-corrected chi connectivity index (χ4v) is 2.12. The Labute approximate surface area is 108 Å². The van der Waals surface area contributed by atoms with Gasteiger partial charge in [0.05, 0.1) is 5.56 Å². The molecule has 5 nitrogen and oxygen atoms in total. The summed E-state index contributed by atoms with van der Waals surface area (Å²) < 4.78 is 15.6. The van der Waals surface area contributed by atoms with Gasteiger partial charge < -0.3 is 5.73 Å². The molecule has 0 radical (unpaired) electrons. The lowest BCUT2D eigenvalue weighted by Crippen LogP contribution is -2.00. The van der Waals surface area contributed by atoms with Gasteiger partial charge in [-0.15, -0.1) is 10.2 Å². The summed E-state index contributed by atoms with van der Waals surface area (Å²) in [5.74, 6) is 0.727. The van der Waals surface area contributed by atoms with Crippen molar-refractivity contribution in [1.82, 2.24) is 19.6 Å². The number of nitrogens with zero attached hydrogens (tertiary/aromatic N) is 4. The van der Waals surface area contributed by atoms with Crippen LogP contribution in [0.4, 0.5) is 10.1 Å². The van der Waals surface area contributed by atoms with Crippen LogP contribution in [-0.4, -0.2) is 19.6 Å². The number of hydrogen-bond acceptors (Lipinski definition) is 4. The number of aryl methyl sites for hydroxylation is 2. The summed E-state index contributed by atoms with van der Waals surface area (Å²) in [5.41, 5.74) is 7.98. The van der Waals surface area contributed by atoms with Gasteiger partial charge in [0.1, 0.15) is 11.6 Å². The molecule has 1 aromatic carbocycles. The standard InChI is InChI=1S/C13H12FN5/c1-7-5-12-17-18-13(19(12)8(2)16-7)10-6-9(15)3-4-11(10)14/h3-6H,15H2,1-2H3. The zero-order valence-electron chi connectivity index (χ0n) is 10.6. The van der Waals surface area contributed by atoms with E-state index in [-0.39, 0.29) is 5.82 Å². The molecule has 0 spiro atoms. The molecule has 0 saturated heterocycles. The highest BCUT2D eigenvalue weighted by molar-refractivity contribution is 5.64. The van der Waals surface area contributed by atoms with Crippen molar-refractivity contribution >= 4 is 11.3 Å². The lowest BCUT2D eigenvalue weighted by atomic mass is 10.2. The minimum absolute atomic E-state index is 0.321. The number of hydrogen-bond donors (Lipinski definition) is 1. The van der Waals surface area contributed by atoms with E-state index in [1.807, 2.05) is 13.8 Å². The fourth-order valence-electron chi connectivity index (χ4n) is 2.12. The average Bonchev–Trinajstić information content (AvgIpc) is 2.76. The van der Waals surface area contributed by atoms with E-state index in [0.29, 0.717) is 28.5 Å². The second-order valence-corrected chi connectivity index (χ2v) is 4.40. The predicted octanol–water partition coefficient (Wildman–Crippen LogP) is 2.13. The van der Waals surface area contributed by atoms with Gasteiger partial charge in [-0.2, -0.15) is 0 Å². The lowest BCUT2D eigenvalue weighted by molar-refractivity contribution is 0.629. The highest BCUT2D eigenvalue weighted by atomic mass is 19.1. The van der Waals surface area contributed by atoms with E-state index < -0.39 is 0 Å². The van der Waals surface area contributed by atoms with Crippen LogP contribution in [0.25, 0.3) is 17.0 Å². The molecular formula is C13H12FN5. The van der Waals surface area contributed by atoms with E-state index in [1.54, 1.807) is 16.5 Å². The second-order valence-electron chi connectivity index (χ2n) is 4.40. The number of fused-ring (bicyclic) bond motifs is 1. The number of rotatable bonds is 1. The van der Waals surface area contributed by atoms with Gasteiger partial charge >= 0.3 is 0 Å². The molecule has 0 saturated carbocycles. The van der Waals surface area contributed by atoms with Gasteiger partial charge in [0, 0.05) is 17.4 Å². The molecule has 0 fully saturated rings. The van der Waals surface area contributed by atoms with Crippen molar-refractivity contribution in [2.75, 3.05) is 5.73 Å². The highest BCUT2D eigenvalue weighted by Gasteiger charge is 2.15. The maximum atomic E-state index is 13.9. The molecule has 0 amide bonds. The van der Waals surface area contributed by atoms with Crippen molar-refractivity contribution < 1.29 is 4.39 Å². The van der Waals surface area contributed by atoms with Gasteiger partial charge in [0.2, 0.25) is 0 Å². The summed E-state index contributed by atoms with van der Waals surface area (Å²) in [5, 5.41) is 8.10. The van der Waals surface area contributed by atoms with Gasteiger partial charge in [-0.25, -0.2) is 9.37 Å². The van der Waals surface area contributed by atoms with Crippen LogP contribution >= 0.6 is 0 Å². The summed E-state index contributed by atoms with van der Waals surface area (Å²) in [6.07, 6.45) is 0. The molecule has 0 aliphatic carbocycles. The van der Waals surface area contributed by atoms with Crippen molar-refractivity contribution in [3.05, 3.63) is 41.6 Å². The summed E-state index contributed by atoms with van der Waals surface area (Å²) in [6.45, 7) is 3.71. The Morgan fingerprint density at radius 3 is 2.74 bits per heavy atom. The van der Waals surface area contributed by atoms with Gasteiger partial charge in [0.25, 0.3) is 0 Å². The van der Waals surface area contributed by atoms with E-state index >= 15 is 0 Å². The molecule has 19 heavy (non-hydrogen) atoms. The molecule has 0 aliphatic heterocycles. The van der Waals surface area contributed by atoms with E-state index in [9.17, 15) is 4.39 Å². The third-order valence-electron chi connectivity index (χ3n) is 2.92. The van der Waals surface area contributed by atoms with Crippen LogP contribution in [0.1, 0.15) is 11.5 Å². The number of nitrogens with two attached hydrogens (primary N) is 1.